The molecular weight excluding hydrogens is 621 g/mol. The Balaban J connectivity index is 1.16. The number of aryl methyl sites for hydroxylation is 1. The van der Waals surface area contributed by atoms with Crippen molar-refractivity contribution in [1.82, 2.24) is 30.4 Å². The van der Waals surface area contributed by atoms with Crippen LogP contribution in [-0.4, -0.2) is 57.5 Å². The van der Waals surface area contributed by atoms with Crippen LogP contribution in [0.5, 0.6) is 0 Å². The summed E-state index contributed by atoms with van der Waals surface area (Å²) in [5, 5.41) is 15.3. The number of benzene rings is 3. The molecular formula is C36H37F3N6O3. The van der Waals surface area contributed by atoms with Crippen LogP contribution in [0.3, 0.4) is 0 Å². The van der Waals surface area contributed by atoms with Crippen LogP contribution in [0.15, 0.2) is 102 Å². The molecule has 1 aromatic heterocycles. The second-order valence-electron chi connectivity index (χ2n) is 12.1. The summed E-state index contributed by atoms with van der Waals surface area (Å²) in [6, 6.07) is 26.3. The number of aromatic nitrogens is 4. The second-order valence-corrected chi connectivity index (χ2v) is 12.1. The highest BCUT2D eigenvalue weighted by molar-refractivity contribution is 5.76. The van der Waals surface area contributed by atoms with Crippen molar-refractivity contribution in [2.75, 3.05) is 26.2 Å². The fraction of sp³-hybridized carbons (Fsp3) is 0.333. The summed E-state index contributed by atoms with van der Waals surface area (Å²) in [6.45, 7) is 5.47. The van der Waals surface area contributed by atoms with Gasteiger partial charge in [0.05, 0.1) is 24.2 Å². The van der Waals surface area contributed by atoms with Crippen LogP contribution in [0.1, 0.15) is 60.7 Å². The number of piperidine rings is 1. The van der Waals surface area contributed by atoms with Gasteiger partial charge in [-0.1, -0.05) is 78.9 Å². The first-order valence-electron chi connectivity index (χ1n) is 15.8. The molecule has 0 radical (unpaired) electrons. The second kappa shape index (κ2) is 13.6. The number of carbonyl (C=O) groups is 1. The molecule has 0 saturated carbocycles. The van der Waals surface area contributed by atoms with Gasteiger partial charge in [-0.3, -0.25) is 4.90 Å². The lowest BCUT2D eigenvalue weighted by Crippen LogP contribution is -2.44. The number of rotatable bonds is 8. The molecule has 6 rings (SSSR count). The van der Waals surface area contributed by atoms with Crippen LogP contribution in [0.2, 0.25) is 0 Å². The average Bonchev–Trinajstić information content (AvgIpc) is 3.52. The molecule has 0 spiro atoms. The molecule has 1 saturated heterocycles. The van der Waals surface area contributed by atoms with Gasteiger partial charge in [-0.15, -0.1) is 10.2 Å². The molecule has 48 heavy (non-hydrogen) atoms. The van der Waals surface area contributed by atoms with E-state index in [0.717, 1.165) is 32.0 Å². The first-order chi connectivity index (χ1) is 23.1. The third kappa shape index (κ3) is 6.70. The standard InChI is InChI=1S/C36H37F3N6O3/c1-24-30(33-41-43-44(3)42-33)31(28-16-10-11-17-29(28)36(37,38)39)32(25(2)40-24)48-34(46)47-23-22-45-20-18-35(19-21-45,26-12-6-4-7-13-26)27-14-8-5-9-15-27/h4-17,31,40H,18-23H2,1-3H3. The molecule has 2 aliphatic rings. The zero-order valence-corrected chi connectivity index (χ0v) is 27.0. The van der Waals surface area contributed by atoms with Gasteiger partial charge >= 0.3 is 12.3 Å². The van der Waals surface area contributed by atoms with Crippen LogP contribution in [0.25, 0.3) is 5.57 Å². The summed E-state index contributed by atoms with van der Waals surface area (Å²) in [7, 11) is 1.56. The Morgan fingerprint density at radius 2 is 1.52 bits per heavy atom. The third-order valence-electron chi connectivity index (χ3n) is 9.21. The molecule has 3 heterocycles. The van der Waals surface area contributed by atoms with Gasteiger partial charge in [0.25, 0.3) is 0 Å². The highest BCUT2D eigenvalue weighted by Gasteiger charge is 2.42. The predicted molar refractivity (Wildman–Crippen MR) is 173 cm³/mol. The van der Waals surface area contributed by atoms with Crippen molar-refractivity contribution in [3.63, 3.8) is 0 Å². The van der Waals surface area contributed by atoms with E-state index >= 15 is 0 Å². The molecule has 0 aliphatic carbocycles. The lowest BCUT2D eigenvalue weighted by Gasteiger charge is -2.43. The minimum absolute atomic E-state index is 0.0294. The summed E-state index contributed by atoms with van der Waals surface area (Å²) >= 11 is 0. The van der Waals surface area contributed by atoms with Gasteiger partial charge in [0.15, 0.2) is 0 Å². The molecule has 1 fully saturated rings. The van der Waals surface area contributed by atoms with E-state index in [4.69, 9.17) is 9.47 Å². The quantitative estimate of drug-likeness (QED) is 0.207. The normalized spacial score (nSPS) is 18.4. The van der Waals surface area contributed by atoms with E-state index in [2.05, 4.69) is 74.2 Å². The Morgan fingerprint density at radius 1 is 0.917 bits per heavy atom. The smallest absolute Gasteiger partial charge is 0.433 e. The molecule has 3 aromatic carbocycles. The molecule has 0 amide bonds. The summed E-state index contributed by atoms with van der Waals surface area (Å²) in [5.41, 5.74) is 2.67. The number of nitrogens with zero attached hydrogens (tertiary/aromatic N) is 5. The number of dihydropyridines is 1. The Kier molecular flexibility index (Phi) is 9.36. The van der Waals surface area contributed by atoms with Gasteiger partial charge in [0.2, 0.25) is 5.82 Å². The topological polar surface area (TPSA) is 94.4 Å². The minimum Gasteiger partial charge on any atom is -0.433 e. The van der Waals surface area contributed by atoms with E-state index < -0.39 is 23.8 Å². The zero-order valence-electron chi connectivity index (χ0n) is 27.0. The van der Waals surface area contributed by atoms with Crippen LogP contribution in [-0.2, 0) is 28.1 Å². The van der Waals surface area contributed by atoms with Crippen molar-refractivity contribution < 1.29 is 27.4 Å². The number of hydrogen-bond donors (Lipinski definition) is 1. The number of carbonyl (C=O) groups excluding carboxylic acids is 1. The van der Waals surface area contributed by atoms with Crippen molar-refractivity contribution in [3.8, 4) is 0 Å². The molecule has 9 nitrogen and oxygen atoms in total. The van der Waals surface area contributed by atoms with E-state index in [1.54, 1.807) is 20.9 Å². The van der Waals surface area contributed by atoms with Crippen molar-refractivity contribution in [2.45, 2.75) is 44.2 Å². The largest absolute Gasteiger partial charge is 0.513 e. The number of tetrazole rings is 1. The van der Waals surface area contributed by atoms with E-state index in [0.29, 0.717) is 23.5 Å². The zero-order chi connectivity index (χ0) is 33.9. The fourth-order valence-electron chi connectivity index (χ4n) is 6.90. The first-order valence-corrected chi connectivity index (χ1v) is 15.8. The molecule has 0 bridgehead atoms. The van der Waals surface area contributed by atoms with Gasteiger partial charge in [-0.25, -0.2) is 4.79 Å². The van der Waals surface area contributed by atoms with Gasteiger partial charge in [-0.2, -0.15) is 18.0 Å². The predicted octanol–water partition coefficient (Wildman–Crippen LogP) is 6.81. The van der Waals surface area contributed by atoms with Crippen LogP contribution in [0.4, 0.5) is 18.0 Å². The molecule has 1 N–H and O–H groups in total. The fourth-order valence-corrected chi connectivity index (χ4v) is 6.90. The Hall–Kier alpha value is -4.97. The first kappa shape index (κ1) is 33.0. The minimum atomic E-state index is -4.66. The summed E-state index contributed by atoms with van der Waals surface area (Å²) in [4.78, 5) is 16.6. The molecule has 1 atom stereocenters. The van der Waals surface area contributed by atoms with E-state index in [9.17, 15) is 18.0 Å². The number of nitrogens with one attached hydrogen (secondary N) is 1. The van der Waals surface area contributed by atoms with E-state index in [-0.39, 0.29) is 29.2 Å². The molecule has 2 aliphatic heterocycles. The average molecular weight is 659 g/mol. The summed E-state index contributed by atoms with van der Waals surface area (Å²) < 4.78 is 54.1. The number of ether oxygens (including phenoxy) is 2. The van der Waals surface area contributed by atoms with E-state index in [1.165, 1.54) is 34.1 Å². The maximum absolute atomic E-state index is 14.3. The maximum atomic E-state index is 14.3. The number of hydrogen-bond acceptors (Lipinski definition) is 8. The Morgan fingerprint density at radius 3 is 2.10 bits per heavy atom. The lowest BCUT2D eigenvalue weighted by atomic mass is 9.68. The third-order valence-corrected chi connectivity index (χ3v) is 9.21. The monoisotopic (exact) mass is 658 g/mol. The maximum Gasteiger partial charge on any atom is 0.513 e. The summed E-state index contributed by atoms with van der Waals surface area (Å²) in [5.74, 6) is -1.08. The highest BCUT2D eigenvalue weighted by Crippen LogP contribution is 2.47. The van der Waals surface area contributed by atoms with Crippen molar-refractivity contribution >= 4 is 11.7 Å². The van der Waals surface area contributed by atoms with E-state index in [1.807, 2.05) is 12.1 Å². The SMILES string of the molecule is CC1=C(OC(=O)OCCN2CCC(c3ccccc3)(c3ccccc3)CC2)C(c2ccccc2C(F)(F)F)C(c2nnn(C)n2)=C(C)N1. The van der Waals surface area contributed by atoms with Gasteiger partial charge in [0, 0.05) is 23.2 Å². The van der Waals surface area contributed by atoms with Crippen molar-refractivity contribution in [1.29, 1.82) is 0 Å². The molecule has 4 aromatic rings. The Bertz CT molecular complexity index is 1770. The van der Waals surface area contributed by atoms with Gasteiger partial charge in [0.1, 0.15) is 12.4 Å². The number of alkyl halides is 3. The number of halogens is 3. The molecule has 12 heteroatoms. The summed E-state index contributed by atoms with van der Waals surface area (Å²) in [6.07, 6.45) is -3.88. The highest BCUT2D eigenvalue weighted by atomic mass is 19.4. The van der Waals surface area contributed by atoms with Gasteiger partial charge in [-0.05, 0) is 67.7 Å². The lowest BCUT2D eigenvalue weighted by molar-refractivity contribution is -0.138. The molecule has 250 valence electrons. The number of likely N-dealkylation sites (tertiary alicyclic amines) is 1. The van der Waals surface area contributed by atoms with Crippen LogP contribution in [0, 0.1) is 0 Å². The van der Waals surface area contributed by atoms with Crippen LogP contribution < -0.4 is 5.32 Å². The van der Waals surface area contributed by atoms with Crippen LogP contribution >= 0.6 is 0 Å². The number of allylic oxidation sites excluding steroid dienone is 3. The van der Waals surface area contributed by atoms with Crippen molar-refractivity contribution in [2.24, 2.45) is 7.05 Å². The molecule has 1 unspecified atom stereocenters. The Labute approximate surface area is 277 Å². The van der Waals surface area contributed by atoms with Crippen molar-refractivity contribution in [3.05, 3.63) is 130 Å². The van der Waals surface area contributed by atoms with Gasteiger partial charge < -0.3 is 14.8 Å².